The average Bonchev–Trinajstić information content (AvgIpc) is 3.16. The molecule has 0 aromatic carbocycles. The van der Waals surface area contributed by atoms with Crippen LogP contribution in [0.2, 0.25) is 0 Å². The van der Waals surface area contributed by atoms with Gasteiger partial charge in [0.15, 0.2) is 0 Å². The fraction of sp³-hybridized carbons (Fsp3) is 0.933. The molecular weight excluding hydrogens is 240 g/mol. The second-order valence-electron chi connectivity index (χ2n) is 6.85. The normalized spacial score (nSPS) is 29.2. The predicted molar refractivity (Wildman–Crippen MR) is 73.9 cm³/mol. The van der Waals surface area contributed by atoms with E-state index in [4.69, 9.17) is 4.74 Å². The number of piperidine rings is 2. The Bertz CT molecular complexity index is 344. The number of carbonyl (C=O) groups is 1. The first-order chi connectivity index (χ1) is 9.18. The standard InChI is InChI=1S/C15H26N2O2/c1-19-12-14(4-5-14)11-17-9-6-15(7-10-17)3-2-8-16-13(15)18/h2-12H2,1H3,(H,16,18). The molecule has 0 aromatic heterocycles. The zero-order valence-corrected chi connectivity index (χ0v) is 12.0. The molecule has 1 amide bonds. The number of carbonyl (C=O) groups excluding carboxylic acids is 1. The van der Waals surface area contributed by atoms with Crippen LogP contribution in [0.25, 0.3) is 0 Å². The molecule has 0 atom stereocenters. The SMILES string of the molecule is COCC1(CN2CCC3(CCCNC3=O)CC2)CC1. The van der Waals surface area contributed by atoms with Crippen LogP contribution in [0, 0.1) is 10.8 Å². The Hall–Kier alpha value is -0.610. The number of likely N-dealkylation sites (tertiary alicyclic amines) is 1. The fourth-order valence-corrected chi connectivity index (χ4v) is 3.85. The highest BCUT2D eigenvalue weighted by atomic mass is 16.5. The Morgan fingerprint density at radius 3 is 2.53 bits per heavy atom. The van der Waals surface area contributed by atoms with Gasteiger partial charge in [-0.05, 0) is 51.6 Å². The zero-order chi connectivity index (χ0) is 13.3. The molecule has 1 saturated carbocycles. The van der Waals surface area contributed by atoms with Crippen LogP contribution >= 0.6 is 0 Å². The van der Waals surface area contributed by atoms with Crippen molar-refractivity contribution in [2.45, 2.75) is 38.5 Å². The predicted octanol–water partition coefficient (Wildman–Crippen LogP) is 1.41. The molecule has 3 rings (SSSR count). The van der Waals surface area contributed by atoms with Crippen molar-refractivity contribution in [2.24, 2.45) is 10.8 Å². The summed E-state index contributed by atoms with van der Waals surface area (Å²) in [5.74, 6) is 0.316. The molecule has 2 saturated heterocycles. The van der Waals surface area contributed by atoms with E-state index in [0.29, 0.717) is 11.3 Å². The summed E-state index contributed by atoms with van der Waals surface area (Å²) in [6.07, 6.45) is 6.95. The first-order valence-electron chi connectivity index (χ1n) is 7.68. The number of rotatable bonds is 4. The van der Waals surface area contributed by atoms with E-state index < -0.39 is 0 Å². The Morgan fingerprint density at radius 2 is 1.95 bits per heavy atom. The van der Waals surface area contributed by atoms with Crippen LogP contribution in [0.15, 0.2) is 0 Å². The molecule has 2 aliphatic heterocycles. The van der Waals surface area contributed by atoms with Crippen LogP contribution in [0.3, 0.4) is 0 Å². The van der Waals surface area contributed by atoms with Crippen LogP contribution in [0.4, 0.5) is 0 Å². The van der Waals surface area contributed by atoms with Gasteiger partial charge in [0.25, 0.3) is 0 Å². The van der Waals surface area contributed by atoms with Crippen molar-refractivity contribution in [3.05, 3.63) is 0 Å². The second-order valence-corrected chi connectivity index (χ2v) is 6.85. The van der Waals surface area contributed by atoms with E-state index in [2.05, 4.69) is 10.2 Å². The maximum Gasteiger partial charge on any atom is 0.226 e. The number of ether oxygens (including phenoxy) is 1. The topological polar surface area (TPSA) is 41.6 Å². The van der Waals surface area contributed by atoms with Crippen LogP contribution < -0.4 is 5.32 Å². The number of nitrogens with zero attached hydrogens (tertiary/aromatic N) is 1. The van der Waals surface area contributed by atoms with Gasteiger partial charge >= 0.3 is 0 Å². The number of hydrogen-bond acceptors (Lipinski definition) is 3. The van der Waals surface area contributed by atoms with Gasteiger partial charge in [-0.2, -0.15) is 0 Å². The van der Waals surface area contributed by atoms with E-state index in [9.17, 15) is 4.79 Å². The van der Waals surface area contributed by atoms with E-state index >= 15 is 0 Å². The van der Waals surface area contributed by atoms with Crippen molar-refractivity contribution in [1.29, 1.82) is 0 Å². The lowest BCUT2D eigenvalue weighted by Gasteiger charge is -2.43. The van der Waals surface area contributed by atoms with Crippen LogP contribution in [0.1, 0.15) is 38.5 Å². The quantitative estimate of drug-likeness (QED) is 0.836. The average molecular weight is 266 g/mol. The molecule has 2 heterocycles. The summed E-state index contributed by atoms with van der Waals surface area (Å²) < 4.78 is 5.35. The summed E-state index contributed by atoms with van der Waals surface area (Å²) in [7, 11) is 1.80. The molecule has 3 aliphatic rings. The first-order valence-corrected chi connectivity index (χ1v) is 7.68. The van der Waals surface area contributed by atoms with E-state index in [-0.39, 0.29) is 5.41 Å². The summed E-state index contributed by atoms with van der Waals surface area (Å²) >= 11 is 0. The lowest BCUT2D eigenvalue weighted by atomic mass is 9.72. The van der Waals surface area contributed by atoms with Gasteiger partial charge in [0.05, 0.1) is 12.0 Å². The van der Waals surface area contributed by atoms with Gasteiger partial charge in [0.2, 0.25) is 5.91 Å². The molecule has 0 aromatic rings. The molecule has 3 fully saturated rings. The van der Waals surface area contributed by atoms with E-state index in [1.165, 1.54) is 19.4 Å². The molecule has 1 N–H and O–H groups in total. The molecule has 4 heteroatoms. The molecule has 0 radical (unpaired) electrons. The highest BCUT2D eigenvalue weighted by molar-refractivity contribution is 5.83. The van der Waals surface area contributed by atoms with Gasteiger partial charge < -0.3 is 15.0 Å². The van der Waals surface area contributed by atoms with E-state index in [0.717, 1.165) is 51.9 Å². The van der Waals surface area contributed by atoms with Crippen LogP contribution in [0.5, 0.6) is 0 Å². The van der Waals surface area contributed by atoms with Crippen molar-refractivity contribution in [1.82, 2.24) is 10.2 Å². The molecule has 108 valence electrons. The van der Waals surface area contributed by atoms with Crippen molar-refractivity contribution in [3.8, 4) is 0 Å². The van der Waals surface area contributed by atoms with Gasteiger partial charge in [-0.25, -0.2) is 0 Å². The molecule has 1 spiro atoms. The fourth-order valence-electron chi connectivity index (χ4n) is 3.85. The third kappa shape index (κ3) is 2.65. The first kappa shape index (κ1) is 13.4. The van der Waals surface area contributed by atoms with Crippen molar-refractivity contribution in [2.75, 3.05) is 39.9 Å². The molecule has 0 bridgehead atoms. The van der Waals surface area contributed by atoms with Crippen LogP contribution in [-0.4, -0.2) is 50.7 Å². The van der Waals surface area contributed by atoms with Gasteiger partial charge in [0.1, 0.15) is 0 Å². The molecule has 1 aliphatic carbocycles. The maximum atomic E-state index is 12.1. The number of nitrogens with one attached hydrogen (secondary N) is 1. The van der Waals surface area contributed by atoms with Gasteiger partial charge in [-0.1, -0.05) is 0 Å². The highest BCUT2D eigenvalue weighted by Gasteiger charge is 2.47. The minimum atomic E-state index is -0.0350. The van der Waals surface area contributed by atoms with Gasteiger partial charge in [-0.3, -0.25) is 4.79 Å². The van der Waals surface area contributed by atoms with E-state index in [1.54, 1.807) is 7.11 Å². The Labute approximate surface area is 115 Å². The lowest BCUT2D eigenvalue weighted by Crippen LogP contribution is -2.52. The van der Waals surface area contributed by atoms with Crippen molar-refractivity contribution >= 4 is 5.91 Å². The summed E-state index contributed by atoms with van der Waals surface area (Å²) in [5, 5.41) is 3.06. The Kier molecular flexibility index (Phi) is 3.56. The summed E-state index contributed by atoms with van der Waals surface area (Å²) in [5.41, 5.74) is 0.404. The third-order valence-electron chi connectivity index (χ3n) is 5.38. The largest absolute Gasteiger partial charge is 0.384 e. The minimum absolute atomic E-state index is 0.0350. The molecule has 0 unspecified atom stereocenters. The van der Waals surface area contributed by atoms with Crippen LogP contribution in [-0.2, 0) is 9.53 Å². The molecule has 19 heavy (non-hydrogen) atoms. The molecule has 4 nitrogen and oxygen atoms in total. The third-order valence-corrected chi connectivity index (χ3v) is 5.38. The van der Waals surface area contributed by atoms with Crippen molar-refractivity contribution < 1.29 is 9.53 Å². The van der Waals surface area contributed by atoms with E-state index in [1.807, 2.05) is 0 Å². The Balaban J connectivity index is 1.53. The maximum absolute atomic E-state index is 12.1. The van der Waals surface area contributed by atoms with Gasteiger partial charge in [-0.15, -0.1) is 0 Å². The summed E-state index contributed by atoms with van der Waals surface area (Å²) in [4.78, 5) is 14.7. The number of amides is 1. The second kappa shape index (κ2) is 5.06. The minimum Gasteiger partial charge on any atom is -0.384 e. The number of hydrogen-bond donors (Lipinski definition) is 1. The lowest BCUT2D eigenvalue weighted by molar-refractivity contribution is -0.136. The zero-order valence-electron chi connectivity index (χ0n) is 12.0. The number of methoxy groups -OCH3 is 1. The Morgan fingerprint density at radius 1 is 1.21 bits per heavy atom. The van der Waals surface area contributed by atoms with Crippen molar-refractivity contribution in [3.63, 3.8) is 0 Å². The monoisotopic (exact) mass is 266 g/mol. The molecular formula is C15H26N2O2. The summed E-state index contributed by atoms with van der Waals surface area (Å²) in [6, 6.07) is 0. The smallest absolute Gasteiger partial charge is 0.226 e. The van der Waals surface area contributed by atoms with Gasteiger partial charge in [0, 0.05) is 25.6 Å². The highest BCUT2D eigenvalue weighted by Crippen LogP contribution is 2.47. The summed E-state index contributed by atoms with van der Waals surface area (Å²) in [6.45, 7) is 5.10.